The van der Waals surface area contributed by atoms with Crippen LogP contribution < -0.4 is 4.90 Å². The molecule has 0 aliphatic rings. The third kappa shape index (κ3) is 4.91. The highest BCUT2D eigenvalue weighted by Gasteiger charge is 2.34. The molecule has 0 unspecified atom stereocenters. The molecule has 1 aromatic heterocycles. The van der Waals surface area contributed by atoms with Gasteiger partial charge >= 0.3 is 6.18 Å². The first-order valence-corrected chi connectivity index (χ1v) is 11.2. The van der Waals surface area contributed by atoms with Crippen molar-refractivity contribution in [2.75, 3.05) is 26.0 Å². The fourth-order valence-electron chi connectivity index (χ4n) is 3.31. The van der Waals surface area contributed by atoms with Gasteiger partial charge in [0, 0.05) is 38.5 Å². The Morgan fingerprint density at radius 3 is 2.24 bits per heavy atom. The first kappa shape index (κ1) is 24.4. The maximum absolute atomic E-state index is 13.5. The van der Waals surface area contributed by atoms with Gasteiger partial charge in [0.2, 0.25) is 10.0 Å². The van der Waals surface area contributed by atoms with Crippen molar-refractivity contribution in [1.29, 1.82) is 0 Å². The van der Waals surface area contributed by atoms with Gasteiger partial charge in [-0.2, -0.15) is 13.2 Å². The maximum atomic E-state index is 13.5. The van der Waals surface area contributed by atoms with E-state index in [-0.39, 0.29) is 0 Å². The Labute approximate surface area is 190 Å². The molecule has 0 fully saturated rings. The number of carbonyl (C=O) groups excluding carboxylic acids is 1. The summed E-state index contributed by atoms with van der Waals surface area (Å²) in [5.41, 5.74) is 1.15. The number of aromatic nitrogens is 1. The molecule has 0 saturated heterocycles. The molecule has 0 saturated carbocycles. The second-order valence-electron chi connectivity index (χ2n) is 7.60. The van der Waals surface area contributed by atoms with Crippen molar-refractivity contribution >= 4 is 21.6 Å². The maximum Gasteiger partial charge on any atom is 0.416 e. The Kier molecular flexibility index (Phi) is 6.62. The summed E-state index contributed by atoms with van der Waals surface area (Å²) in [4.78, 5) is 17.9. The van der Waals surface area contributed by atoms with Gasteiger partial charge in [0.25, 0.3) is 5.91 Å². The molecule has 0 atom stereocenters. The zero-order chi connectivity index (χ0) is 24.6. The van der Waals surface area contributed by atoms with Gasteiger partial charge in [0.05, 0.1) is 22.3 Å². The number of hydrogen-bond acceptors (Lipinski definition) is 4. The van der Waals surface area contributed by atoms with Crippen LogP contribution in [0.2, 0.25) is 0 Å². The minimum Gasteiger partial charge on any atom is -0.309 e. The van der Waals surface area contributed by atoms with Crippen molar-refractivity contribution < 1.29 is 26.4 Å². The predicted molar refractivity (Wildman–Crippen MR) is 119 cm³/mol. The Hall–Kier alpha value is -3.24. The SMILES string of the molecule is Cc1ccccc1-c1ccncc1N(C)C(=O)c1cc(C(F)(F)F)cc(S(=O)(=O)N(C)C)c1. The molecule has 0 bridgehead atoms. The molecular weight excluding hydrogens is 455 g/mol. The molecule has 6 nitrogen and oxygen atoms in total. The minimum absolute atomic E-state index is 0.367. The van der Waals surface area contributed by atoms with Crippen molar-refractivity contribution in [3.63, 3.8) is 0 Å². The number of alkyl halides is 3. The van der Waals surface area contributed by atoms with Gasteiger partial charge < -0.3 is 4.90 Å². The molecule has 1 amide bonds. The quantitative estimate of drug-likeness (QED) is 0.539. The Bertz CT molecular complexity index is 1310. The van der Waals surface area contributed by atoms with Crippen LogP contribution in [-0.2, 0) is 16.2 Å². The van der Waals surface area contributed by atoms with E-state index < -0.39 is 38.1 Å². The van der Waals surface area contributed by atoms with Crippen LogP contribution in [0.25, 0.3) is 11.1 Å². The van der Waals surface area contributed by atoms with E-state index in [2.05, 4.69) is 4.98 Å². The highest BCUT2D eigenvalue weighted by atomic mass is 32.2. The third-order valence-corrected chi connectivity index (χ3v) is 6.95. The van der Waals surface area contributed by atoms with Crippen LogP contribution in [0.5, 0.6) is 0 Å². The van der Waals surface area contributed by atoms with Crippen LogP contribution in [0.1, 0.15) is 21.5 Å². The summed E-state index contributed by atoms with van der Waals surface area (Å²) in [5, 5.41) is 0. The average Bonchev–Trinajstić information content (AvgIpc) is 2.77. The van der Waals surface area contributed by atoms with E-state index in [1.165, 1.54) is 27.3 Å². The second-order valence-corrected chi connectivity index (χ2v) is 9.76. The fraction of sp³-hybridized carbons (Fsp3) is 0.217. The fourth-order valence-corrected chi connectivity index (χ4v) is 4.28. The van der Waals surface area contributed by atoms with Gasteiger partial charge in [-0.3, -0.25) is 9.78 Å². The van der Waals surface area contributed by atoms with Crippen molar-refractivity contribution in [2.24, 2.45) is 0 Å². The molecule has 174 valence electrons. The van der Waals surface area contributed by atoms with E-state index >= 15 is 0 Å². The summed E-state index contributed by atoms with van der Waals surface area (Å²) >= 11 is 0. The van der Waals surface area contributed by atoms with Gasteiger partial charge in [0.15, 0.2) is 0 Å². The highest BCUT2D eigenvalue weighted by molar-refractivity contribution is 7.89. The number of hydrogen-bond donors (Lipinski definition) is 0. The third-order valence-electron chi connectivity index (χ3n) is 5.16. The lowest BCUT2D eigenvalue weighted by atomic mass is 9.99. The first-order valence-electron chi connectivity index (χ1n) is 9.77. The molecule has 10 heteroatoms. The highest BCUT2D eigenvalue weighted by Crippen LogP contribution is 2.35. The normalized spacial score (nSPS) is 12.1. The van der Waals surface area contributed by atoms with Gasteiger partial charge in [-0.05, 0) is 42.3 Å². The van der Waals surface area contributed by atoms with Crippen molar-refractivity contribution in [1.82, 2.24) is 9.29 Å². The van der Waals surface area contributed by atoms with Gasteiger partial charge in [0.1, 0.15) is 0 Å². The lowest BCUT2D eigenvalue weighted by molar-refractivity contribution is -0.137. The summed E-state index contributed by atoms with van der Waals surface area (Å²) in [7, 11) is -0.405. The summed E-state index contributed by atoms with van der Waals surface area (Å²) in [6.07, 6.45) is -1.85. The van der Waals surface area contributed by atoms with Crippen LogP contribution in [0.3, 0.4) is 0 Å². The number of pyridine rings is 1. The number of amides is 1. The lowest BCUT2D eigenvalue weighted by Gasteiger charge is -2.22. The smallest absolute Gasteiger partial charge is 0.309 e. The van der Waals surface area contributed by atoms with E-state index in [0.29, 0.717) is 23.4 Å². The zero-order valence-electron chi connectivity index (χ0n) is 18.4. The van der Waals surface area contributed by atoms with Crippen LogP contribution >= 0.6 is 0 Å². The Morgan fingerprint density at radius 1 is 0.970 bits per heavy atom. The molecule has 0 spiro atoms. The lowest BCUT2D eigenvalue weighted by Crippen LogP contribution is -2.28. The molecule has 0 radical (unpaired) electrons. The van der Waals surface area contributed by atoms with Crippen LogP contribution in [-0.4, -0.2) is 44.8 Å². The zero-order valence-corrected chi connectivity index (χ0v) is 19.2. The van der Waals surface area contributed by atoms with Gasteiger partial charge in [-0.1, -0.05) is 24.3 Å². The standard InChI is InChI=1S/C23H22F3N3O3S/c1-15-7-5-6-8-19(15)20-9-10-27-14-21(20)29(4)22(30)16-11-17(23(24,25)26)13-18(12-16)33(31,32)28(2)3/h5-14H,1-4H3. The summed E-state index contributed by atoms with van der Waals surface area (Å²) < 4.78 is 66.4. The van der Waals surface area contributed by atoms with E-state index in [9.17, 15) is 26.4 Å². The van der Waals surface area contributed by atoms with E-state index in [0.717, 1.165) is 26.4 Å². The molecule has 0 N–H and O–H groups in total. The van der Waals surface area contributed by atoms with E-state index in [4.69, 9.17) is 0 Å². The van der Waals surface area contributed by atoms with E-state index in [1.54, 1.807) is 12.3 Å². The number of nitrogens with zero attached hydrogens (tertiary/aromatic N) is 3. The number of halogens is 3. The van der Waals surface area contributed by atoms with Crippen LogP contribution in [0.15, 0.2) is 65.8 Å². The van der Waals surface area contributed by atoms with E-state index in [1.807, 2.05) is 31.2 Å². The molecule has 1 heterocycles. The number of carbonyl (C=O) groups is 1. The number of sulfonamides is 1. The Morgan fingerprint density at radius 2 is 1.64 bits per heavy atom. The molecule has 3 aromatic rings. The molecule has 0 aliphatic heterocycles. The monoisotopic (exact) mass is 477 g/mol. The number of benzene rings is 2. The molecule has 0 aliphatic carbocycles. The predicted octanol–water partition coefficient (Wildman–Crippen LogP) is 4.60. The molecule has 33 heavy (non-hydrogen) atoms. The van der Waals surface area contributed by atoms with Crippen molar-refractivity contribution in [3.05, 3.63) is 77.6 Å². The molecular formula is C23H22F3N3O3S. The van der Waals surface area contributed by atoms with Gasteiger partial charge in [-0.15, -0.1) is 0 Å². The topological polar surface area (TPSA) is 70.6 Å². The van der Waals surface area contributed by atoms with Crippen molar-refractivity contribution in [3.8, 4) is 11.1 Å². The minimum atomic E-state index is -4.84. The Balaban J connectivity index is 2.14. The average molecular weight is 478 g/mol. The first-order chi connectivity index (χ1) is 15.3. The van der Waals surface area contributed by atoms with Crippen molar-refractivity contribution in [2.45, 2.75) is 18.0 Å². The number of anilines is 1. The summed E-state index contributed by atoms with van der Waals surface area (Å²) in [6, 6.07) is 11.3. The molecule has 3 rings (SSSR count). The number of aryl methyl sites for hydroxylation is 1. The largest absolute Gasteiger partial charge is 0.416 e. The van der Waals surface area contributed by atoms with Crippen LogP contribution in [0.4, 0.5) is 18.9 Å². The second kappa shape index (κ2) is 8.95. The molecule has 2 aromatic carbocycles. The number of rotatable bonds is 5. The van der Waals surface area contributed by atoms with Crippen LogP contribution in [0, 0.1) is 6.92 Å². The van der Waals surface area contributed by atoms with Gasteiger partial charge in [-0.25, -0.2) is 12.7 Å². The summed E-state index contributed by atoms with van der Waals surface area (Å²) in [5.74, 6) is -0.806. The summed E-state index contributed by atoms with van der Waals surface area (Å²) in [6.45, 7) is 1.90.